The standard InChI is InChI=1S/C14H8N4O5S/c19-13(9-3-1-2-4-11(9)18(22)23)16-14-15-10-6-5-8(17(20)21)7-12(10)24-14/h1-7H,(H,15,16,19). The van der Waals surface area contributed by atoms with Crippen LogP contribution in [-0.2, 0) is 0 Å². The fourth-order valence-electron chi connectivity index (χ4n) is 2.07. The van der Waals surface area contributed by atoms with Crippen molar-refractivity contribution < 1.29 is 14.6 Å². The first-order valence-electron chi connectivity index (χ1n) is 6.55. The van der Waals surface area contributed by atoms with Crippen molar-refractivity contribution in [3.8, 4) is 0 Å². The molecule has 0 aliphatic rings. The highest BCUT2D eigenvalue weighted by atomic mass is 32.1. The first kappa shape index (κ1) is 15.5. The smallest absolute Gasteiger partial charge is 0.282 e. The minimum atomic E-state index is -0.671. The largest absolute Gasteiger partial charge is 0.298 e. The van der Waals surface area contributed by atoms with Gasteiger partial charge in [-0.2, -0.15) is 0 Å². The van der Waals surface area contributed by atoms with Crippen molar-refractivity contribution in [3.05, 3.63) is 68.3 Å². The van der Waals surface area contributed by atoms with Crippen LogP contribution in [0.15, 0.2) is 42.5 Å². The van der Waals surface area contributed by atoms with Crippen LogP contribution >= 0.6 is 11.3 Å². The molecule has 0 saturated carbocycles. The third kappa shape index (κ3) is 2.90. The molecule has 3 aromatic rings. The summed E-state index contributed by atoms with van der Waals surface area (Å²) in [7, 11) is 0. The molecule has 2 aromatic carbocycles. The number of para-hydroxylation sites is 1. The van der Waals surface area contributed by atoms with E-state index in [0.29, 0.717) is 10.2 Å². The monoisotopic (exact) mass is 344 g/mol. The second kappa shape index (κ2) is 6.01. The number of carbonyl (C=O) groups is 1. The number of thiazole rings is 1. The van der Waals surface area contributed by atoms with Gasteiger partial charge < -0.3 is 0 Å². The number of fused-ring (bicyclic) bond motifs is 1. The number of non-ortho nitro benzene ring substituents is 1. The van der Waals surface area contributed by atoms with Crippen LogP contribution in [-0.4, -0.2) is 20.7 Å². The molecule has 24 heavy (non-hydrogen) atoms. The third-order valence-corrected chi connectivity index (χ3v) is 4.08. The molecule has 0 atom stereocenters. The van der Waals surface area contributed by atoms with E-state index in [1.807, 2.05) is 0 Å². The lowest BCUT2D eigenvalue weighted by Gasteiger charge is -2.02. The summed E-state index contributed by atoms with van der Waals surface area (Å²) in [4.78, 5) is 37.0. The summed E-state index contributed by atoms with van der Waals surface area (Å²) in [6, 6.07) is 9.70. The van der Waals surface area contributed by atoms with Crippen LogP contribution in [0.2, 0.25) is 0 Å². The quantitative estimate of drug-likeness (QED) is 0.571. The normalized spacial score (nSPS) is 10.5. The fourth-order valence-corrected chi connectivity index (χ4v) is 2.96. The van der Waals surface area contributed by atoms with Gasteiger partial charge in [-0.15, -0.1) is 0 Å². The molecule has 0 aliphatic heterocycles. The average molecular weight is 344 g/mol. The van der Waals surface area contributed by atoms with Gasteiger partial charge in [-0.25, -0.2) is 4.98 Å². The Bertz CT molecular complexity index is 984. The number of aromatic nitrogens is 1. The molecule has 1 N–H and O–H groups in total. The molecule has 1 amide bonds. The maximum atomic E-state index is 12.2. The van der Waals surface area contributed by atoms with Gasteiger partial charge >= 0.3 is 0 Å². The lowest BCUT2D eigenvalue weighted by atomic mass is 10.1. The molecule has 3 rings (SSSR count). The summed E-state index contributed by atoms with van der Waals surface area (Å²) in [5.41, 5.74) is 0.00525. The highest BCUT2D eigenvalue weighted by Gasteiger charge is 2.20. The van der Waals surface area contributed by atoms with Gasteiger partial charge in [0.25, 0.3) is 17.3 Å². The van der Waals surface area contributed by atoms with Crippen molar-refractivity contribution in [3.63, 3.8) is 0 Å². The van der Waals surface area contributed by atoms with E-state index in [2.05, 4.69) is 10.3 Å². The summed E-state index contributed by atoms with van der Waals surface area (Å²) in [5.74, 6) is -0.671. The molecule has 0 aliphatic carbocycles. The minimum absolute atomic E-state index is 0.0808. The van der Waals surface area contributed by atoms with E-state index in [9.17, 15) is 25.0 Å². The Morgan fingerprint density at radius 2 is 1.83 bits per heavy atom. The second-order valence-electron chi connectivity index (χ2n) is 4.66. The SMILES string of the molecule is O=C(Nc1nc2ccc([N+](=O)[O-])cc2s1)c1ccccc1[N+](=O)[O-]. The molecule has 0 bridgehead atoms. The highest BCUT2D eigenvalue weighted by Crippen LogP contribution is 2.30. The van der Waals surface area contributed by atoms with Gasteiger partial charge in [0, 0.05) is 18.2 Å². The van der Waals surface area contributed by atoms with Crippen molar-refractivity contribution in [1.29, 1.82) is 0 Å². The van der Waals surface area contributed by atoms with E-state index in [-0.39, 0.29) is 22.1 Å². The van der Waals surface area contributed by atoms with Gasteiger partial charge in [0.15, 0.2) is 5.13 Å². The average Bonchev–Trinajstić information content (AvgIpc) is 2.95. The Hall–Kier alpha value is -3.40. The Balaban J connectivity index is 1.91. The maximum absolute atomic E-state index is 12.2. The molecule has 0 radical (unpaired) electrons. The number of nitro groups is 2. The number of amides is 1. The lowest BCUT2D eigenvalue weighted by molar-refractivity contribution is -0.385. The number of nitrogens with one attached hydrogen (secondary N) is 1. The van der Waals surface area contributed by atoms with E-state index in [1.165, 1.54) is 42.5 Å². The van der Waals surface area contributed by atoms with Gasteiger partial charge in [-0.1, -0.05) is 23.5 Å². The fraction of sp³-hybridized carbons (Fsp3) is 0. The summed E-state index contributed by atoms with van der Waals surface area (Å²) in [6.07, 6.45) is 0. The zero-order valence-corrected chi connectivity index (χ0v) is 12.6. The molecule has 120 valence electrons. The highest BCUT2D eigenvalue weighted by molar-refractivity contribution is 7.22. The molecule has 0 unspecified atom stereocenters. The van der Waals surface area contributed by atoms with E-state index < -0.39 is 15.8 Å². The van der Waals surface area contributed by atoms with Gasteiger partial charge in [0.1, 0.15) is 5.56 Å². The Kier molecular flexibility index (Phi) is 3.88. The first-order valence-corrected chi connectivity index (χ1v) is 7.37. The summed E-state index contributed by atoms with van der Waals surface area (Å²) in [6.45, 7) is 0. The van der Waals surface area contributed by atoms with E-state index >= 15 is 0 Å². The van der Waals surface area contributed by atoms with Crippen molar-refractivity contribution in [1.82, 2.24) is 4.98 Å². The predicted molar refractivity (Wildman–Crippen MR) is 87.3 cm³/mol. The third-order valence-electron chi connectivity index (χ3n) is 3.15. The maximum Gasteiger partial charge on any atom is 0.282 e. The molecule has 0 spiro atoms. The Morgan fingerprint density at radius 3 is 2.54 bits per heavy atom. The topological polar surface area (TPSA) is 128 Å². The van der Waals surface area contributed by atoms with E-state index in [4.69, 9.17) is 0 Å². The van der Waals surface area contributed by atoms with Crippen LogP contribution in [0, 0.1) is 20.2 Å². The Labute approximate surface area is 137 Å². The number of hydrogen-bond donors (Lipinski definition) is 1. The number of hydrogen-bond acceptors (Lipinski definition) is 7. The molecular weight excluding hydrogens is 336 g/mol. The van der Waals surface area contributed by atoms with Gasteiger partial charge in [-0.05, 0) is 12.1 Å². The number of rotatable bonds is 4. The number of benzene rings is 2. The van der Waals surface area contributed by atoms with Crippen LogP contribution in [0.5, 0.6) is 0 Å². The van der Waals surface area contributed by atoms with Gasteiger partial charge in [-0.3, -0.25) is 30.3 Å². The first-order chi connectivity index (χ1) is 11.5. The van der Waals surface area contributed by atoms with Gasteiger partial charge in [0.2, 0.25) is 0 Å². The van der Waals surface area contributed by atoms with Crippen molar-refractivity contribution in [2.24, 2.45) is 0 Å². The minimum Gasteiger partial charge on any atom is -0.298 e. The molecule has 1 aromatic heterocycles. The zero-order valence-electron chi connectivity index (χ0n) is 11.8. The zero-order chi connectivity index (χ0) is 17.3. The molecule has 0 fully saturated rings. The van der Waals surface area contributed by atoms with Crippen LogP contribution < -0.4 is 5.32 Å². The van der Waals surface area contributed by atoms with Crippen LogP contribution in [0.4, 0.5) is 16.5 Å². The molecule has 0 saturated heterocycles. The molecule has 1 heterocycles. The van der Waals surface area contributed by atoms with Crippen molar-refractivity contribution in [2.75, 3.05) is 5.32 Å². The summed E-state index contributed by atoms with van der Waals surface area (Å²) < 4.78 is 0.530. The number of anilines is 1. The van der Waals surface area contributed by atoms with Crippen molar-refractivity contribution >= 4 is 44.0 Å². The van der Waals surface area contributed by atoms with Gasteiger partial charge in [0.05, 0.1) is 20.1 Å². The van der Waals surface area contributed by atoms with Crippen molar-refractivity contribution in [2.45, 2.75) is 0 Å². The second-order valence-corrected chi connectivity index (χ2v) is 5.69. The van der Waals surface area contributed by atoms with E-state index in [1.54, 1.807) is 0 Å². The lowest BCUT2D eigenvalue weighted by Crippen LogP contribution is -2.13. The number of nitro benzene ring substituents is 2. The van der Waals surface area contributed by atoms with Crippen LogP contribution in [0.3, 0.4) is 0 Å². The number of carbonyl (C=O) groups excluding carboxylic acids is 1. The molecular formula is C14H8N4O5S. The molecule has 9 nitrogen and oxygen atoms in total. The van der Waals surface area contributed by atoms with E-state index in [0.717, 1.165) is 11.3 Å². The Morgan fingerprint density at radius 1 is 1.08 bits per heavy atom. The predicted octanol–water partition coefficient (Wildman–Crippen LogP) is 3.37. The van der Waals surface area contributed by atoms with Crippen LogP contribution in [0.1, 0.15) is 10.4 Å². The number of nitrogens with zero attached hydrogens (tertiary/aromatic N) is 3. The van der Waals surface area contributed by atoms with Crippen LogP contribution in [0.25, 0.3) is 10.2 Å². The summed E-state index contributed by atoms with van der Waals surface area (Å²) in [5, 5.41) is 24.4. The molecule has 10 heteroatoms. The summed E-state index contributed by atoms with van der Waals surface area (Å²) >= 11 is 1.05.